The Morgan fingerprint density at radius 3 is 3.12 bits per heavy atom. The number of nitrogens with zero attached hydrogens (tertiary/aromatic N) is 2. The molecule has 2 N–H and O–H groups in total. The van der Waals surface area contributed by atoms with Crippen LogP contribution in [0.25, 0.3) is 0 Å². The number of nitrogens with two attached hydrogens (primary N) is 1. The predicted molar refractivity (Wildman–Crippen MR) is 61.9 cm³/mol. The van der Waals surface area contributed by atoms with Gasteiger partial charge >= 0.3 is 0 Å². The first-order valence-corrected chi connectivity index (χ1v) is 5.60. The number of amides is 1. The predicted octanol–water partition coefficient (Wildman–Crippen LogP) is 0.492. The maximum absolute atomic E-state index is 11.9. The first kappa shape index (κ1) is 11.1. The number of aryl methyl sites for hydroxylation is 1. The van der Waals surface area contributed by atoms with Gasteiger partial charge in [-0.25, -0.2) is 0 Å². The monoisotopic (exact) mass is 219 g/mol. The molecule has 1 fully saturated rings. The summed E-state index contributed by atoms with van der Waals surface area (Å²) in [5.74, 6) is 0.134. The third kappa shape index (κ3) is 2.39. The molecule has 0 aliphatic carbocycles. The molecule has 0 bridgehead atoms. The highest BCUT2D eigenvalue weighted by molar-refractivity contribution is 5.79. The van der Waals surface area contributed by atoms with Gasteiger partial charge in [-0.3, -0.25) is 9.78 Å². The van der Waals surface area contributed by atoms with Gasteiger partial charge < -0.3 is 10.6 Å². The number of aromatic nitrogens is 1. The number of rotatable bonds is 2. The average molecular weight is 219 g/mol. The van der Waals surface area contributed by atoms with Crippen molar-refractivity contribution in [2.75, 3.05) is 13.1 Å². The SMILES string of the molecule is Cc1cccnc1CC(=O)N1CCC(N)C1. The molecule has 1 aliphatic rings. The van der Waals surface area contributed by atoms with Crippen LogP contribution in [0.1, 0.15) is 17.7 Å². The van der Waals surface area contributed by atoms with Gasteiger partial charge in [0.2, 0.25) is 5.91 Å². The van der Waals surface area contributed by atoms with Crippen molar-refractivity contribution in [1.29, 1.82) is 0 Å². The quantitative estimate of drug-likeness (QED) is 0.787. The first-order chi connectivity index (χ1) is 7.66. The zero-order valence-electron chi connectivity index (χ0n) is 9.52. The molecule has 2 rings (SSSR count). The van der Waals surface area contributed by atoms with E-state index in [0.29, 0.717) is 13.0 Å². The second-order valence-electron chi connectivity index (χ2n) is 4.33. The molecule has 1 amide bonds. The molecule has 0 saturated carbocycles. The Morgan fingerprint density at radius 2 is 2.50 bits per heavy atom. The Morgan fingerprint density at radius 1 is 1.69 bits per heavy atom. The summed E-state index contributed by atoms with van der Waals surface area (Å²) in [4.78, 5) is 18.0. The Bertz CT molecular complexity index is 392. The van der Waals surface area contributed by atoms with E-state index in [-0.39, 0.29) is 11.9 Å². The molecule has 0 aromatic carbocycles. The van der Waals surface area contributed by atoms with Crippen LogP contribution in [0.2, 0.25) is 0 Å². The number of pyridine rings is 1. The highest BCUT2D eigenvalue weighted by atomic mass is 16.2. The van der Waals surface area contributed by atoms with Gasteiger partial charge in [-0.1, -0.05) is 6.07 Å². The Hall–Kier alpha value is -1.42. The standard InChI is InChI=1S/C12H17N3O/c1-9-3-2-5-14-11(9)7-12(16)15-6-4-10(13)8-15/h2-3,5,10H,4,6-8,13H2,1H3. The van der Waals surface area contributed by atoms with E-state index in [0.717, 1.165) is 24.2 Å². The highest BCUT2D eigenvalue weighted by Gasteiger charge is 2.23. The Labute approximate surface area is 95.5 Å². The summed E-state index contributed by atoms with van der Waals surface area (Å²) < 4.78 is 0. The summed E-state index contributed by atoms with van der Waals surface area (Å²) in [6.07, 6.45) is 3.03. The molecule has 1 aromatic rings. The van der Waals surface area contributed by atoms with Crippen molar-refractivity contribution in [2.24, 2.45) is 5.73 Å². The van der Waals surface area contributed by atoms with E-state index in [1.54, 1.807) is 6.20 Å². The smallest absolute Gasteiger partial charge is 0.228 e. The lowest BCUT2D eigenvalue weighted by molar-refractivity contribution is -0.129. The zero-order valence-corrected chi connectivity index (χ0v) is 9.52. The minimum Gasteiger partial charge on any atom is -0.341 e. The number of hydrogen-bond donors (Lipinski definition) is 1. The van der Waals surface area contributed by atoms with Crippen LogP contribution in [0.3, 0.4) is 0 Å². The van der Waals surface area contributed by atoms with Crippen molar-refractivity contribution in [3.05, 3.63) is 29.6 Å². The molecule has 4 heteroatoms. The molecule has 1 unspecified atom stereocenters. The van der Waals surface area contributed by atoms with Crippen LogP contribution in [0.4, 0.5) is 0 Å². The van der Waals surface area contributed by atoms with Gasteiger partial charge in [0.05, 0.1) is 12.1 Å². The molecule has 1 aromatic heterocycles. The van der Waals surface area contributed by atoms with Crippen LogP contribution >= 0.6 is 0 Å². The van der Waals surface area contributed by atoms with Crippen LogP contribution in [-0.2, 0) is 11.2 Å². The number of carbonyl (C=O) groups excluding carboxylic acids is 1. The lowest BCUT2D eigenvalue weighted by Gasteiger charge is -2.15. The number of carbonyl (C=O) groups is 1. The van der Waals surface area contributed by atoms with Gasteiger partial charge in [0.1, 0.15) is 0 Å². The summed E-state index contributed by atoms with van der Waals surface area (Å²) in [5.41, 5.74) is 7.71. The lowest BCUT2D eigenvalue weighted by Crippen LogP contribution is -2.33. The van der Waals surface area contributed by atoms with Gasteiger partial charge in [0.25, 0.3) is 0 Å². The molecule has 4 nitrogen and oxygen atoms in total. The first-order valence-electron chi connectivity index (χ1n) is 5.60. The fourth-order valence-electron chi connectivity index (χ4n) is 1.97. The fraction of sp³-hybridized carbons (Fsp3) is 0.500. The van der Waals surface area contributed by atoms with Crippen molar-refractivity contribution in [2.45, 2.75) is 25.8 Å². The molecule has 2 heterocycles. The molecule has 1 aliphatic heterocycles. The lowest BCUT2D eigenvalue weighted by atomic mass is 10.1. The summed E-state index contributed by atoms with van der Waals surface area (Å²) in [7, 11) is 0. The van der Waals surface area contributed by atoms with Crippen molar-refractivity contribution in [3.8, 4) is 0 Å². The molecule has 0 spiro atoms. The second kappa shape index (κ2) is 4.61. The molecular formula is C12H17N3O. The summed E-state index contributed by atoms with van der Waals surface area (Å²) in [5, 5.41) is 0. The average Bonchev–Trinajstić information content (AvgIpc) is 2.68. The van der Waals surface area contributed by atoms with Gasteiger partial charge in [-0.15, -0.1) is 0 Å². The van der Waals surface area contributed by atoms with E-state index >= 15 is 0 Å². The highest BCUT2D eigenvalue weighted by Crippen LogP contribution is 2.11. The fourth-order valence-corrected chi connectivity index (χ4v) is 1.97. The van der Waals surface area contributed by atoms with Crippen LogP contribution in [-0.4, -0.2) is 34.9 Å². The van der Waals surface area contributed by atoms with E-state index in [4.69, 9.17) is 5.73 Å². The van der Waals surface area contributed by atoms with Gasteiger partial charge in [0.15, 0.2) is 0 Å². The van der Waals surface area contributed by atoms with E-state index in [9.17, 15) is 4.79 Å². The Balaban J connectivity index is 2.00. The van der Waals surface area contributed by atoms with Crippen LogP contribution < -0.4 is 5.73 Å². The van der Waals surface area contributed by atoms with Crippen LogP contribution in [0, 0.1) is 6.92 Å². The van der Waals surface area contributed by atoms with E-state index in [1.807, 2.05) is 24.0 Å². The third-order valence-electron chi connectivity index (χ3n) is 3.01. The molecule has 86 valence electrons. The summed E-state index contributed by atoms with van der Waals surface area (Å²) in [6.45, 7) is 3.45. The summed E-state index contributed by atoms with van der Waals surface area (Å²) >= 11 is 0. The van der Waals surface area contributed by atoms with Gasteiger partial charge in [-0.2, -0.15) is 0 Å². The van der Waals surface area contributed by atoms with Crippen molar-refractivity contribution < 1.29 is 4.79 Å². The largest absolute Gasteiger partial charge is 0.341 e. The topological polar surface area (TPSA) is 59.2 Å². The molecule has 1 atom stereocenters. The van der Waals surface area contributed by atoms with Crippen molar-refractivity contribution in [3.63, 3.8) is 0 Å². The van der Waals surface area contributed by atoms with Crippen LogP contribution in [0.5, 0.6) is 0 Å². The Kier molecular flexibility index (Phi) is 3.19. The van der Waals surface area contributed by atoms with E-state index < -0.39 is 0 Å². The molecule has 0 radical (unpaired) electrons. The summed E-state index contributed by atoms with van der Waals surface area (Å²) in [6, 6.07) is 4.01. The van der Waals surface area contributed by atoms with Crippen molar-refractivity contribution >= 4 is 5.91 Å². The number of likely N-dealkylation sites (tertiary alicyclic amines) is 1. The van der Waals surface area contributed by atoms with E-state index in [2.05, 4.69) is 4.98 Å². The minimum atomic E-state index is 0.134. The second-order valence-corrected chi connectivity index (χ2v) is 4.33. The van der Waals surface area contributed by atoms with Gasteiger partial charge in [0, 0.05) is 25.3 Å². The van der Waals surface area contributed by atoms with E-state index in [1.165, 1.54) is 0 Å². The maximum atomic E-state index is 11.9. The van der Waals surface area contributed by atoms with Crippen LogP contribution in [0.15, 0.2) is 18.3 Å². The van der Waals surface area contributed by atoms with Gasteiger partial charge in [-0.05, 0) is 25.0 Å². The molecule has 1 saturated heterocycles. The maximum Gasteiger partial charge on any atom is 0.228 e. The number of hydrogen-bond acceptors (Lipinski definition) is 3. The third-order valence-corrected chi connectivity index (χ3v) is 3.01. The minimum absolute atomic E-state index is 0.134. The normalized spacial score (nSPS) is 20.1. The molecular weight excluding hydrogens is 202 g/mol. The molecule has 16 heavy (non-hydrogen) atoms. The zero-order chi connectivity index (χ0) is 11.5. The van der Waals surface area contributed by atoms with Crippen molar-refractivity contribution in [1.82, 2.24) is 9.88 Å².